The van der Waals surface area contributed by atoms with Crippen molar-refractivity contribution in [2.24, 2.45) is 5.73 Å². The predicted molar refractivity (Wildman–Crippen MR) is 57.4 cm³/mol. The fourth-order valence-electron chi connectivity index (χ4n) is 1.68. The van der Waals surface area contributed by atoms with Crippen LogP contribution in [0.3, 0.4) is 0 Å². The lowest BCUT2D eigenvalue weighted by Crippen LogP contribution is -2.42. The molecule has 1 fully saturated rings. The molecule has 0 atom stereocenters. The molecule has 1 saturated heterocycles. The summed E-state index contributed by atoms with van der Waals surface area (Å²) in [4.78, 5) is 4.08. The molecule has 1 aliphatic heterocycles. The number of aromatic nitrogens is 1. The van der Waals surface area contributed by atoms with E-state index in [1.165, 1.54) is 0 Å². The van der Waals surface area contributed by atoms with Gasteiger partial charge in [-0.1, -0.05) is 6.07 Å². The van der Waals surface area contributed by atoms with Crippen LogP contribution in [0.4, 0.5) is 0 Å². The number of rotatable bonds is 1. The lowest BCUT2D eigenvalue weighted by Gasteiger charge is -2.33. The van der Waals surface area contributed by atoms with E-state index in [4.69, 9.17) is 10.5 Å². The van der Waals surface area contributed by atoms with Gasteiger partial charge in [-0.3, -0.25) is 4.98 Å². The van der Waals surface area contributed by atoms with E-state index in [0.717, 1.165) is 31.6 Å². The van der Waals surface area contributed by atoms with E-state index in [1.54, 1.807) is 6.20 Å². The van der Waals surface area contributed by atoms with E-state index in [-0.39, 0.29) is 17.9 Å². The van der Waals surface area contributed by atoms with Gasteiger partial charge in [0.2, 0.25) is 0 Å². The monoisotopic (exact) mass is 214 g/mol. The van der Waals surface area contributed by atoms with E-state index in [0.29, 0.717) is 0 Å². The van der Waals surface area contributed by atoms with Crippen LogP contribution in [-0.4, -0.2) is 18.2 Å². The molecule has 1 aliphatic rings. The summed E-state index contributed by atoms with van der Waals surface area (Å²) in [6, 6.07) is 3.97. The van der Waals surface area contributed by atoms with Crippen molar-refractivity contribution in [3.8, 4) is 0 Å². The summed E-state index contributed by atoms with van der Waals surface area (Å²) >= 11 is 0. The van der Waals surface area contributed by atoms with Gasteiger partial charge in [0.15, 0.2) is 0 Å². The van der Waals surface area contributed by atoms with E-state index < -0.39 is 0 Å². The molecular weight excluding hydrogens is 200 g/mol. The fraction of sp³-hybridized carbons (Fsp3) is 0.500. The average molecular weight is 215 g/mol. The second-order valence-corrected chi connectivity index (χ2v) is 3.51. The van der Waals surface area contributed by atoms with Crippen molar-refractivity contribution in [2.75, 3.05) is 13.2 Å². The molecule has 14 heavy (non-hydrogen) atoms. The van der Waals surface area contributed by atoms with Crippen LogP contribution < -0.4 is 5.73 Å². The van der Waals surface area contributed by atoms with Gasteiger partial charge in [-0.25, -0.2) is 0 Å². The third-order valence-corrected chi connectivity index (χ3v) is 2.62. The van der Waals surface area contributed by atoms with E-state index in [1.807, 2.05) is 18.3 Å². The average Bonchev–Trinajstić information content (AvgIpc) is 2.20. The summed E-state index contributed by atoms with van der Waals surface area (Å²) in [7, 11) is 0. The molecule has 2 rings (SSSR count). The van der Waals surface area contributed by atoms with Crippen molar-refractivity contribution >= 4 is 12.4 Å². The highest BCUT2D eigenvalue weighted by Gasteiger charge is 2.29. The van der Waals surface area contributed by atoms with Crippen molar-refractivity contribution in [2.45, 2.75) is 18.4 Å². The van der Waals surface area contributed by atoms with Crippen LogP contribution in [0.15, 0.2) is 24.5 Å². The van der Waals surface area contributed by atoms with E-state index in [2.05, 4.69) is 4.98 Å². The van der Waals surface area contributed by atoms with Crippen molar-refractivity contribution in [3.63, 3.8) is 0 Å². The largest absolute Gasteiger partial charge is 0.381 e. The molecule has 4 heteroatoms. The predicted octanol–water partition coefficient (Wildman–Crippen LogP) is 1.47. The summed E-state index contributed by atoms with van der Waals surface area (Å²) in [6.07, 6.45) is 5.40. The maximum Gasteiger partial charge on any atom is 0.0486 e. The first kappa shape index (κ1) is 11.4. The van der Waals surface area contributed by atoms with Gasteiger partial charge in [-0.2, -0.15) is 0 Å². The second kappa shape index (κ2) is 4.73. The minimum absolute atomic E-state index is 0. The smallest absolute Gasteiger partial charge is 0.0486 e. The lowest BCUT2D eigenvalue weighted by atomic mass is 9.85. The van der Waals surface area contributed by atoms with Crippen molar-refractivity contribution in [3.05, 3.63) is 30.1 Å². The lowest BCUT2D eigenvalue weighted by molar-refractivity contribution is 0.0521. The molecule has 1 aromatic rings. The Morgan fingerprint density at radius 1 is 1.36 bits per heavy atom. The number of nitrogens with two attached hydrogens (primary N) is 1. The number of pyridine rings is 1. The Morgan fingerprint density at radius 2 is 2.07 bits per heavy atom. The van der Waals surface area contributed by atoms with Crippen LogP contribution >= 0.6 is 12.4 Å². The molecule has 2 N–H and O–H groups in total. The van der Waals surface area contributed by atoms with Crippen LogP contribution in [0.2, 0.25) is 0 Å². The van der Waals surface area contributed by atoms with Gasteiger partial charge in [-0.05, 0) is 24.5 Å². The molecule has 0 saturated carbocycles. The number of nitrogens with zero attached hydrogens (tertiary/aromatic N) is 1. The third-order valence-electron chi connectivity index (χ3n) is 2.62. The Labute approximate surface area is 90.1 Å². The number of ether oxygens (including phenoxy) is 1. The Balaban J connectivity index is 0.000000980. The Morgan fingerprint density at radius 3 is 2.64 bits per heavy atom. The summed E-state index contributed by atoms with van der Waals surface area (Å²) in [6.45, 7) is 1.51. The van der Waals surface area contributed by atoms with Gasteiger partial charge in [-0.15, -0.1) is 12.4 Å². The van der Waals surface area contributed by atoms with Crippen LogP contribution in [0.1, 0.15) is 18.4 Å². The van der Waals surface area contributed by atoms with E-state index in [9.17, 15) is 0 Å². The SMILES string of the molecule is Cl.NC1(c2cccnc2)CCOCC1. The quantitative estimate of drug-likeness (QED) is 0.770. The normalized spacial score (nSPS) is 19.8. The Hall–Kier alpha value is -0.640. The van der Waals surface area contributed by atoms with Gasteiger partial charge >= 0.3 is 0 Å². The fourth-order valence-corrected chi connectivity index (χ4v) is 1.68. The third kappa shape index (κ3) is 2.23. The minimum Gasteiger partial charge on any atom is -0.381 e. The highest BCUT2D eigenvalue weighted by atomic mass is 35.5. The molecule has 3 nitrogen and oxygen atoms in total. The summed E-state index contributed by atoms with van der Waals surface area (Å²) in [5, 5.41) is 0. The first-order chi connectivity index (χ1) is 6.31. The maximum absolute atomic E-state index is 6.26. The van der Waals surface area contributed by atoms with Gasteiger partial charge in [0.1, 0.15) is 0 Å². The van der Waals surface area contributed by atoms with Crippen molar-refractivity contribution in [1.29, 1.82) is 0 Å². The van der Waals surface area contributed by atoms with Crippen LogP contribution in [0.25, 0.3) is 0 Å². The molecule has 0 amide bonds. The first-order valence-electron chi connectivity index (χ1n) is 4.58. The zero-order valence-electron chi connectivity index (χ0n) is 7.98. The van der Waals surface area contributed by atoms with E-state index >= 15 is 0 Å². The zero-order valence-corrected chi connectivity index (χ0v) is 8.80. The van der Waals surface area contributed by atoms with Crippen LogP contribution in [-0.2, 0) is 10.3 Å². The topological polar surface area (TPSA) is 48.1 Å². The molecule has 0 unspecified atom stereocenters. The second-order valence-electron chi connectivity index (χ2n) is 3.51. The Bertz CT molecular complexity index is 273. The standard InChI is InChI=1S/C10H14N2O.ClH/c11-10(3-6-13-7-4-10)9-2-1-5-12-8-9;/h1-2,5,8H,3-4,6-7,11H2;1H. The maximum atomic E-state index is 6.26. The molecule has 2 heterocycles. The summed E-state index contributed by atoms with van der Waals surface area (Å²) in [5.74, 6) is 0. The highest BCUT2D eigenvalue weighted by molar-refractivity contribution is 5.85. The van der Waals surface area contributed by atoms with Gasteiger partial charge in [0.05, 0.1) is 0 Å². The molecule has 78 valence electrons. The van der Waals surface area contributed by atoms with Crippen LogP contribution in [0.5, 0.6) is 0 Å². The molecule has 0 aliphatic carbocycles. The molecule has 0 spiro atoms. The minimum atomic E-state index is -0.216. The first-order valence-corrected chi connectivity index (χ1v) is 4.58. The number of halogens is 1. The molecule has 1 aromatic heterocycles. The van der Waals surface area contributed by atoms with Gasteiger partial charge in [0.25, 0.3) is 0 Å². The Kier molecular flexibility index (Phi) is 3.86. The number of hydrogen-bond acceptors (Lipinski definition) is 3. The summed E-state index contributed by atoms with van der Waals surface area (Å²) < 4.78 is 5.29. The molecular formula is C10H15ClN2O. The highest BCUT2D eigenvalue weighted by Crippen LogP contribution is 2.28. The van der Waals surface area contributed by atoms with Gasteiger partial charge < -0.3 is 10.5 Å². The summed E-state index contributed by atoms with van der Waals surface area (Å²) in [5.41, 5.74) is 7.17. The van der Waals surface area contributed by atoms with Crippen molar-refractivity contribution in [1.82, 2.24) is 4.98 Å². The number of hydrogen-bond donors (Lipinski definition) is 1. The molecule has 0 radical (unpaired) electrons. The zero-order chi connectivity index (χ0) is 9.15. The molecule has 0 bridgehead atoms. The van der Waals surface area contributed by atoms with Gasteiger partial charge in [0, 0.05) is 31.1 Å². The molecule has 0 aromatic carbocycles. The van der Waals surface area contributed by atoms with Crippen LogP contribution in [0, 0.1) is 0 Å². The van der Waals surface area contributed by atoms with Crippen molar-refractivity contribution < 1.29 is 4.74 Å².